The molecule has 1 unspecified atom stereocenters. The van der Waals surface area contributed by atoms with Crippen molar-refractivity contribution >= 4 is 0 Å². The Morgan fingerprint density at radius 3 is 2.47 bits per heavy atom. The standard InChI is InChI=1S/C11H14F2N2/c1-7(2)5-11(15-14)8-3-4-9(12)10(13)6-8/h3-6,11,15H,14H2,1-2H3. The van der Waals surface area contributed by atoms with Gasteiger partial charge in [0.25, 0.3) is 0 Å². The molecule has 0 aliphatic carbocycles. The Bertz CT molecular complexity index is 371. The van der Waals surface area contributed by atoms with E-state index in [-0.39, 0.29) is 6.04 Å². The van der Waals surface area contributed by atoms with Crippen molar-refractivity contribution in [1.29, 1.82) is 0 Å². The zero-order valence-corrected chi connectivity index (χ0v) is 8.72. The molecule has 1 aromatic rings. The molecule has 0 bridgehead atoms. The molecule has 0 aliphatic heterocycles. The van der Waals surface area contributed by atoms with Crippen molar-refractivity contribution < 1.29 is 8.78 Å². The highest BCUT2D eigenvalue weighted by atomic mass is 19.2. The average Bonchev–Trinajstić information content (AvgIpc) is 2.18. The Kier molecular flexibility index (Phi) is 3.94. The van der Waals surface area contributed by atoms with Crippen LogP contribution < -0.4 is 11.3 Å². The predicted octanol–water partition coefficient (Wildman–Crippen LogP) is 2.44. The summed E-state index contributed by atoms with van der Waals surface area (Å²) in [5, 5.41) is 0. The fourth-order valence-corrected chi connectivity index (χ4v) is 1.28. The fourth-order valence-electron chi connectivity index (χ4n) is 1.28. The van der Waals surface area contributed by atoms with Crippen LogP contribution in [0.3, 0.4) is 0 Å². The van der Waals surface area contributed by atoms with Gasteiger partial charge in [-0.25, -0.2) is 14.2 Å². The normalized spacial score (nSPS) is 12.3. The van der Waals surface area contributed by atoms with Gasteiger partial charge in [0.1, 0.15) is 0 Å². The summed E-state index contributed by atoms with van der Waals surface area (Å²) in [6, 6.07) is 3.43. The summed E-state index contributed by atoms with van der Waals surface area (Å²) in [5.74, 6) is 3.61. The molecule has 0 aliphatic rings. The predicted molar refractivity (Wildman–Crippen MR) is 55.9 cm³/mol. The minimum atomic E-state index is -0.866. The Morgan fingerprint density at radius 1 is 1.33 bits per heavy atom. The number of benzene rings is 1. The van der Waals surface area contributed by atoms with E-state index in [1.165, 1.54) is 6.07 Å². The first-order chi connectivity index (χ1) is 7.04. The molecule has 1 atom stereocenters. The molecule has 0 saturated carbocycles. The van der Waals surface area contributed by atoms with Gasteiger partial charge in [-0.3, -0.25) is 5.84 Å². The van der Waals surface area contributed by atoms with Gasteiger partial charge in [0.15, 0.2) is 11.6 Å². The van der Waals surface area contributed by atoms with Gasteiger partial charge in [-0.15, -0.1) is 0 Å². The van der Waals surface area contributed by atoms with Crippen molar-refractivity contribution in [3.8, 4) is 0 Å². The fraction of sp³-hybridized carbons (Fsp3) is 0.273. The molecule has 0 fully saturated rings. The second-order valence-corrected chi connectivity index (χ2v) is 3.56. The zero-order chi connectivity index (χ0) is 11.4. The summed E-state index contributed by atoms with van der Waals surface area (Å²) in [7, 11) is 0. The number of hydrogen-bond donors (Lipinski definition) is 2. The van der Waals surface area contributed by atoms with Crippen LogP contribution in [0.1, 0.15) is 25.5 Å². The lowest BCUT2D eigenvalue weighted by Gasteiger charge is -2.12. The third kappa shape index (κ3) is 3.11. The van der Waals surface area contributed by atoms with Gasteiger partial charge in [0.2, 0.25) is 0 Å². The zero-order valence-electron chi connectivity index (χ0n) is 8.72. The second kappa shape index (κ2) is 5.00. The summed E-state index contributed by atoms with van der Waals surface area (Å²) in [4.78, 5) is 0. The van der Waals surface area contributed by atoms with Gasteiger partial charge >= 0.3 is 0 Å². The monoisotopic (exact) mass is 212 g/mol. The molecule has 0 saturated heterocycles. The van der Waals surface area contributed by atoms with Crippen LogP contribution in [0.5, 0.6) is 0 Å². The van der Waals surface area contributed by atoms with Gasteiger partial charge < -0.3 is 0 Å². The number of hydrogen-bond acceptors (Lipinski definition) is 2. The van der Waals surface area contributed by atoms with Gasteiger partial charge in [-0.1, -0.05) is 17.7 Å². The molecular formula is C11H14F2N2. The first kappa shape index (κ1) is 11.8. The summed E-state index contributed by atoms with van der Waals surface area (Å²) in [6.07, 6.45) is 1.84. The summed E-state index contributed by atoms with van der Waals surface area (Å²) in [6.45, 7) is 3.81. The Hall–Kier alpha value is -1.26. The molecule has 0 radical (unpaired) electrons. The van der Waals surface area contributed by atoms with Crippen LogP contribution in [0.2, 0.25) is 0 Å². The van der Waals surface area contributed by atoms with Crippen LogP contribution >= 0.6 is 0 Å². The topological polar surface area (TPSA) is 38.0 Å². The Morgan fingerprint density at radius 2 is 2.00 bits per heavy atom. The molecule has 3 N–H and O–H groups in total. The SMILES string of the molecule is CC(C)=CC(NN)c1ccc(F)c(F)c1. The maximum atomic E-state index is 12.9. The van der Waals surface area contributed by atoms with Crippen LogP contribution in [0.4, 0.5) is 8.78 Å². The molecule has 0 heterocycles. The maximum Gasteiger partial charge on any atom is 0.159 e. The lowest BCUT2D eigenvalue weighted by Crippen LogP contribution is -2.26. The molecule has 2 nitrogen and oxygen atoms in total. The van der Waals surface area contributed by atoms with Gasteiger partial charge in [0.05, 0.1) is 6.04 Å². The number of nitrogens with one attached hydrogen (secondary N) is 1. The first-order valence-electron chi connectivity index (χ1n) is 4.60. The summed E-state index contributed by atoms with van der Waals surface area (Å²) >= 11 is 0. The van der Waals surface area contributed by atoms with Gasteiger partial charge in [-0.2, -0.15) is 0 Å². The van der Waals surface area contributed by atoms with Crippen molar-refractivity contribution in [3.63, 3.8) is 0 Å². The third-order valence-corrected chi connectivity index (χ3v) is 1.98. The van der Waals surface area contributed by atoms with Crippen LogP contribution in [0.25, 0.3) is 0 Å². The molecule has 1 aromatic carbocycles. The smallest absolute Gasteiger partial charge is 0.159 e. The van der Waals surface area contributed by atoms with E-state index in [9.17, 15) is 8.78 Å². The number of allylic oxidation sites excluding steroid dienone is 1. The number of hydrazine groups is 1. The molecule has 4 heteroatoms. The summed E-state index contributed by atoms with van der Waals surface area (Å²) < 4.78 is 25.6. The Labute approximate surface area is 87.8 Å². The minimum absolute atomic E-state index is 0.301. The van der Waals surface area contributed by atoms with E-state index >= 15 is 0 Å². The number of halogens is 2. The Balaban J connectivity index is 3.03. The van der Waals surface area contributed by atoms with Crippen LogP contribution in [0.15, 0.2) is 29.8 Å². The highest BCUT2D eigenvalue weighted by Crippen LogP contribution is 2.18. The molecule has 0 amide bonds. The van der Waals surface area contributed by atoms with Crippen molar-refractivity contribution in [2.45, 2.75) is 19.9 Å². The lowest BCUT2D eigenvalue weighted by atomic mass is 10.1. The lowest BCUT2D eigenvalue weighted by molar-refractivity contribution is 0.504. The second-order valence-electron chi connectivity index (χ2n) is 3.56. The molecule has 15 heavy (non-hydrogen) atoms. The van der Waals surface area contributed by atoms with E-state index < -0.39 is 11.6 Å². The van der Waals surface area contributed by atoms with E-state index in [1.54, 1.807) is 0 Å². The minimum Gasteiger partial charge on any atom is -0.271 e. The van der Waals surface area contributed by atoms with E-state index in [0.29, 0.717) is 5.56 Å². The molecule has 0 spiro atoms. The van der Waals surface area contributed by atoms with Crippen molar-refractivity contribution in [3.05, 3.63) is 47.0 Å². The molecule has 82 valence electrons. The van der Waals surface area contributed by atoms with E-state index in [0.717, 1.165) is 17.7 Å². The maximum absolute atomic E-state index is 12.9. The van der Waals surface area contributed by atoms with E-state index in [1.807, 2.05) is 19.9 Å². The van der Waals surface area contributed by atoms with Gasteiger partial charge in [-0.05, 0) is 31.5 Å². The molecule has 1 rings (SSSR count). The highest BCUT2D eigenvalue weighted by molar-refractivity contribution is 5.25. The first-order valence-corrected chi connectivity index (χ1v) is 4.60. The van der Waals surface area contributed by atoms with Crippen molar-refractivity contribution in [2.75, 3.05) is 0 Å². The van der Waals surface area contributed by atoms with E-state index in [4.69, 9.17) is 5.84 Å². The van der Waals surface area contributed by atoms with Crippen molar-refractivity contribution in [1.82, 2.24) is 5.43 Å². The summed E-state index contributed by atoms with van der Waals surface area (Å²) in [5.41, 5.74) is 4.17. The van der Waals surface area contributed by atoms with Crippen molar-refractivity contribution in [2.24, 2.45) is 5.84 Å². The van der Waals surface area contributed by atoms with Crippen LogP contribution in [-0.2, 0) is 0 Å². The van der Waals surface area contributed by atoms with E-state index in [2.05, 4.69) is 5.43 Å². The number of nitrogens with two attached hydrogens (primary N) is 1. The third-order valence-electron chi connectivity index (χ3n) is 1.98. The quantitative estimate of drug-likeness (QED) is 0.459. The van der Waals surface area contributed by atoms with Gasteiger partial charge in [0, 0.05) is 0 Å². The molecular weight excluding hydrogens is 198 g/mol. The van der Waals surface area contributed by atoms with Crippen LogP contribution in [0, 0.1) is 11.6 Å². The van der Waals surface area contributed by atoms with Crippen LogP contribution in [-0.4, -0.2) is 0 Å². The average molecular weight is 212 g/mol. The highest BCUT2D eigenvalue weighted by Gasteiger charge is 2.09. The number of rotatable bonds is 3. The largest absolute Gasteiger partial charge is 0.271 e. The molecule has 0 aromatic heterocycles.